The first-order chi connectivity index (χ1) is 15.2. The summed E-state index contributed by atoms with van der Waals surface area (Å²) in [6.07, 6.45) is 7.29. The average Bonchev–Trinajstić information content (AvgIpc) is 2.84. The van der Waals surface area contributed by atoms with E-state index in [0.717, 1.165) is 42.4 Å². The molecule has 31 heavy (non-hydrogen) atoms. The molecule has 1 atom stereocenters. The number of benzene rings is 3. The molecule has 1 aliphatic heterocycles. The van der Waals surface area contributed by atoms with E-state index in [1.54, 1.807) is 0 Å². The second kappa shape index (κ2) is 10.4. The zero-order valence-electron chi connectivity index (χ0n) is 17.9. The van der Waals surface area contributed by atoms with Crippen LogP contribution in [-0.2, 0) is 5.72 Å². The fourth-order valence-electron chi connectivity index (χ4n) is 4.52. The molecule has 0 aliphatic carbocycles. The van der Waals surface area contributed by atoms with Crippen LogP contribution in [0.1, 0.15) is 48.8 Å². The van der Waals surface area contributed by atoms with Gasteiger partial charge in [0, 0.05) is 17.6 Å². The number of aliphatic hydroxyl groups is 1. The summed E-state index contributed by atoms with van der Waals surface area (Å²) in [6.45, 7) is 1.89. The molecule has 0 bridgehead atoms. The van der Waals surface area contributed by atoms with Crippen molar-refractivity contribution in [1.82, 2.24) is 4.90 Å². The molecule has 1 N–H and O–H groups in total. The van der Waals surface area contributed by atoms with E-state index < -0.39 is 5.72 Å². The first kappa shape index (κ1) is 22.0. The predicted octanol–water partition coefficient (Wildman–Crippen LogP) is 6.99. The quantitative estimate of drug-likeness (QED) is 0.397. The fourth-order valence-corrected chi connectivity index (χ4v) is 4.79. The molecule has 1 unspecified atom stereocenters. The normalized spacial score (nSPS) is 16.5. The van der Waals surface area contributed by atoms with Crippen LogP contribution in [0.3, 0.4) is 0 Å². The van der Waals surface area contributed by atoms with Gasteiger partial charge in [-0.2, -0.15) is 0 Å². The molecule has 4 rings (SSSR count). The number of nitrogens with zero attached hydrogens (tertiary/aromatic N) is 1. The molecule has 2 nitrogen and oxygen atoms in total. The van der Waals surface area contributed by atoms with E-state index >= 15 is 0 Å². The number of hydrogen-bond acceptors (Lipinski definition) is 2. The van der Waals surface area contributed by atoms with Crippen molar-refractivity contribution in [2.75, 3.05) is 13.1 Å². The molecule has 3 aromatic rings. The lowest BCUT2D eigenvalue weighted by atomic mass is 9.91. The van der Waals surface area contributed by atoms with Gasteiger partial charge in [-0.25, -0.2) is 0 Å². The molecule has 3 aromatic carbocycles. The van der Waals surface area contributed by atoms with Gasteiger partial charge < -0.3 is 5.11 Å². The van der Waals surface area contributed by atoms with Gasteiger partial charge >= 0.3 is 0 Å². The van der Waals surface area contributed by atoms with Gasteiger partial charge in [-0.05, 0) is 60.1 Å². The standard InChI is InChI=1S/C28H30BrNO/c29-26-18-16-25(17-19-26)28(31,30-21-8-3-9-22-30)20-10-15-27(23-11-4-1-5-12-23)24-13-6-2-7-14-24/h1-2,4-7,11-19,31H,3,8-10,20-22H2. The zero-order chi connectivity index (χ0) is 21.5. The zero-order valence-corrected chi connectivity index (χ0v) is 19.5. The summed E-state index contributed by atoms with van der Waals surface area (Å²) in [5, 5.41) is 11.9. The number of likely N-dealkylation sites (tertiary alicyclic amines) is 1. The van der Waals surface area contributed by atoms with Gasteiger partial charge in [0.05, 0.1) is 0 Å². The maximum absolute atomic E-state index is 11.9. The van der Waals surface area contributed by atoms with E-state index in [1.165, 1.54) is 23.1 Å². The Balaban J connectivity index is 1.63. The van der Waals surface area contributed by atoms with Crippen LogP contribution >= 0.6 is 15.9 Å². The Hall–Kier alpha value is -2.20. The van der Waals surface area contributed by atoms with Gasteiger partial charge in [0.25, 0.3) is 0 Å². The predicted molar refractivity (Wildman–Crippen MR) is 133 cm³/mol. The summed E-state index contributed by atoms with van der Waals surface area (Å²) in [5.74, 6) is 0. The minimum atomic E-state index is -0.948. The minimum absolute atomic E-state index is 0.664. The minimum Gasteiger partial charge on any atom is -0.371 e. The van der Waals surface area contributed by atoms with E-state index in [4.69, 9.17) is 0 Å². The SMILES string of the molecule is OC(CCC=C(c1ccccc1)c1ccccc1)(c1ccc(Br)cc1)N1CCCCC1. The van der Waals surface area contributed by atoms with E-state index in [9.17, 15) is 5.11 Å². The molecule has 0 radical (unpaired) electrons. The molecule has 1 saturated heterocycles. The van der Waals surface area contributed by atoms with Gasteiger partial charge in [0.2, 0.25) is 0 Å². The van der Waals surface area contributed by atoms with Gasteiger partial charge in [-0.15, -0.1) is 0 Å². The lowest BCUT2D eigenvalue weighted by molar-refractivity contribution is -0.129. The van der Waals surface area contributed by atoms with Crippen LogP contribution in [0.25, 0.3) is 5.57 Å². The Labute approximate surface area is 194 Å². The number of piperidine rings is 1. The van der Waals surface area contributed by atoms with Crippen molar-refractivity contribution in [3.05, 3.63) is 112 Å². The van der Waals surface area contributed by atoms with Crippen molar-refractivity contribution in [3.8, 4) is 0 Å². The summed E-state index contributed by atoms with van der Waals surface area (Å²) in [4.78, 5) is 2.28. The molecular formula is C28H30BrNO. The second-order valence-corrected chi connectivity index (χ2v) is 9.18. The highest BCUT2D eigenvalue weighted by molar-refractivity contribution is 9.10. The average molecular weight is 476 g/mol. The largest absolute Gasteiger partial charge is 0.371 e. The van der Waals surface area contributed by atoms with Crippen LogP contribution in [0.15, 0.2) is 95.5 Å². The summed E-state index contributed by atoms with van der Waals surface area (Å²) < 4.78 is 1.03. The van der Waals surface area contributed by atoms with Crippen LogP contribution in [0, 0.1) is 0 Å². The van der Waals surface area contributed by atoms with Crippen LogP contribution in [-0.4, -0.2) is 23.1 Å². The van der Waals surface area contributed by atoms with Gasteiger partial charge in [-0.3, -0.25) is 4.90 Å². The van der Waals surface area contributed by atoms with Crippen molar-refractivity contribution in [3.63, 3.8) is 0 Å². The summed E-state index contributed by atoms with van der Waals surface area (Å²) in [5.41, 5.74) is 3.67. The molecule has 0 amide bonds. The third-order valence-corrected chi connectivity index (χ3v) is 6.73. The highest BCUT2D eigenvalue weighted by atomic mass is 79.9. The Morgan fingerprint density at radius 2 is 1.35 bits per heavy atom. The van der Waals surface area contributed by atoms with Gasteiger partial charge in [0.15, 0.2) is 0 Å². The Bertz CT molecular complexity index is 937. The Morgan fingerprint density at radius 1 is 0.806 bits per heavy atom. The van der Waals surface area contributed by atoms with Crippen molar-refractivity contribution >= 4 is 21.5 Å². The van der Waals surface area contributed by atoms with Crippen LogP contribution in [0.4, 0.5) is 0 Å². The molecule has 0 saturated carbocycles. The van der Waals surface area contributed by atoms with Crippen LogP contribution < -0.4 is 0 Å². The summed E-state index contributed by atoms with van der Waals surface area (Å²) in [6, 6.07) is 29.2. The number of rotatable bonds is 7. The lowest BCUT2D eigenvalue weighted by Gasteiger charge is -2.42. The van der Waals surface area contributed by atoms with E-state index in [2.05, 4.69) is 99.7 Å². The first-order valence-electron chi connectivity index (χ1n) is 11.2. The van der Waals surface area contributed by atoms with Crippen molar-refractivity contribution in [2.45, 2.75) is 37.8 Å². The molecule has 3 heteroatoms. The summed E-state index contributed by atoms with van der Waals surface area (Å²) in [7, 11) is 0. The molecule has 1 heterocycles. The van der Waals surface area contributed by atoms with Crippen LogP contribution in [0.2, 0.25) is 0 Å². The molecule has 160 valence electrons. The smallest absolute Gasteiger partial charge is 0.144 e. The highest BCUT2D eigenvalue weighted by Gasteiger charge is 2.36. The third kappa shape index (κ3) is 5.35. The number of halogens is 1. The first-order valence-corrected chi connectivity index (χ1v) is 12.0. The maximum Gasteiger partial charge on any atom is 0.144 e. The highest BCUT2D eigenvalue weighted by Crippen LogP contribution is 2.35. The topological polar surface area (TPSA) is 23.5 Å². The Kier molecular flexibility index (Phi) is 7.39. The fraction of sp³-hybridized carbons (Fsp3) is 0.286. The molecule has 1 fully saturated rings. The van der Waals surface area contributed by atoms with Gasteiger partial charge in [-0.1, -0.05) is 101 Å². The Morgan fingerprint density at radius 3 is 1.90 bits per heavy atom. The molecule has 0 spiro atoms. The lowest BCUT2D eigenvalue weighted by Crippen LogP contribution is -2.48. The second-order valence-electron chi connectivity index (χ2n) is 8.26. The third-order valence-electron chi connectivity index (χ3n) is 6.20. The van der Waals surface area contributed by atoms with E-state index in [-0.39, 0.29) is 0 Å². The molecule has 0 aromatic heterocycles. The monoisotopic (exact) mass is 475 g/mol. The van der Waals surface area contributed by atoms with E-state index in [0.29, 0.717) is 6.42 Å². The van der Waals surface area contributed by atoms with Gasteiger partial charge in [0.1, 0.15) is 5.72 Å². The number of allylic oxidation sites excluding steroid dienone is 1. The van der Waals surface area contributed by atoms with Crippen molar-refractivity contribution in [2.24, 2.45) is 0 Å². The summed E-state index contributed by atoms with van der Waals surface area (Å²) >= 11 is 3.53. The number of hydrogen-bond donors (Lipinski definition) is 1. The van der Waals surface area contributed by atoms with Crippen molar-refractivity contribution in [1.29, 1.82) is 0 Å². The molecule has 1 aliphatic rings. The maximum atomic E-state index is 11.9. The molecular weight excluding hydrogens is 446 g/mol. The van der Waals surface area contributed by atoms with Crippen LogP contribution in [0.5, 0.6) is 0 Å². The van der Waals surface area contributed by atoms with E-state index in [1.807, 2.05) is 12.1 Å². The van der Waals surface area contributed by atoms with Crippen molar-refractivity contribution < 1.29 is 5.11 Å².